The van der Waals surface area contributed by atoms with Gasteiger partial charge in [-0.3, -0.25) is 0 Å². The van der Waals surface area contributed by atoms with Gasteiger partial charge in [-0.2, -0.15) is 0 Å². The third-order valence-electron chi connectivity index (χ3n) is 3.15. The van der Waals surface area contributed by atoms with Crippen molar-refractivity contribution in [3.05, 3.63) is 71.2 Å². The molecule has 0 aliphatic carbocycles. The molecule has 3 nitrogen and oxygen atoms in total. The van der Waals surface area contributed by atoms with Crippen molar-refractivity contribution in [3.8, 4) is 5.75 Å². The van der Waals surface area contributed by atoms with Gasteiger partial charge in [0.05, 0.1) is 10.6 Å². The largest absolute Gasteiger partial charge is 0.421 e. The predicted octanol–water partition coefficient (Wildman–Crippen LogP) is 4.29. The number of ether oxygens (including phenoxy) is 1. The average Bonchev–Trinajstić information content (AvgIpc) is 2.50. The lowest BCUT2D eigenvalue weighted by Crippen LogP contribution is -2.09. The van der Waals surface area contributed by atoms with E-state index in [1.54, 1.807) is 30.3 Å². The number of rotatable bonds is 2. The van der Waals surface area contributed by atoms with Crippen molar-refractivity contribution >= 4 is 34.0 Å². The second-order valence-corrected chi connectivity index (χ2v) is 4.99. The number of esters is 1. The van der Waals surface area contributed by atoms with Crippen LogP contribution in [0.15, 0.2) is 60.7 Å². The van der Waals surface area contributed by atoms with E-state index in [0.717, 1.165) is 10.8 Å². The van der Waals surface area contributed by atoms with Crippen LogP contribution in [0.1, 0.15) is 10.4 Å². The Hall–Kier alpha value is -2.52. The summed E-state index contributed by atoms with van der Waals surface area (Å²) in [7, 11) is 0. The summed E-state index contributed by atoms with van der Waals surface area (Å²) in [6.45, 7) is 0. The zero-order valence-corrected chi connectivity index (χ0v) is 11.8. The molecule has 3 aromatic carbocycles. The molecule has 0 saturated carbocycles. The Bertz CT molecular complexity index is 830. The van der Waals surface area contributed by atoms with Crippen LogP contribution in [0.2, 0.25) is 5.02 Å². The molecular formula is C17H12ClNO2. The van der Waals surface area contributed by atoms with Crippen LogP contribution in [0.4, 0.5) is 5.69 Å². The van der Waals surface area contributed by atoms with E-state index in [2.05, 4.69) is 0 Å². The Morgan fingerprint density at radius 1 is 1.00 bits per heavy atom. The van der Waals surface area contributed by atoms with Crippen molar-refractivity contribution in [2.75, 3.05) is 5.73 Å². The second-order valence-electron chi connectivity index (χ2n) is 4.61. The van der Waals surface area contributed by atoms with E-state index in [-0.39, 0.29) is 0 Å². The third-order valence-corrected chi connectivity index (χ3v) is 3.54. The molecule has 2 N–H and O–H groups in total. The fraction of sp³-hybridized carbons (Fsp3) is 0. The molecule has 3 aromatic rings. The van der Waals surface area contributed by atoms with E-state index in [1.807, 2.05) is 30.3 Å². The molecule has 0 aliphatic heterocycles. The van der Waals surface area contributed by atoms with Gasteiger partial charge in [-0.1, -0.05) is 48.0 Å². The molecule has 0 aromatic heterocycles. The normalized spacial score (nSPS) is 10.5. The molecule has 0 spiro atoms. The Balaban J connectivity index is 1.95. The van der Waals surface area contributed by atoms with Crippen LogP contribution in [-0.4, -0.2) is 5.97 Å². The number of anilines is 1. The topological polar surface area (TPSA) is 52.3 Å². The summed E-state index contributed by atoms with van der Waals surface area (Å²) < 4.78 is 5.37. The number of hydrogen-bond acceptors (Lipinski definition) is 3. The summed E-state index contributed by atoms with van der Waals surface area (Å²) in [5, 5.41) is 2.26. The molecule has 21 heavy (non-hydrogen) atoms. The second kappa shape index (κ2) is 5.46. The first-order chi connectivity index (χ1) is 10.1. The lowest BCUT2D eigenvalue weighted by molar-refractivity contribution is 0.0735. The summed E-state index contributed by atoms with van der Waals surface area (Å²) in [4.78, 5) is 12.1. The summed E-state index contributed by atoms with van der Waals surface area (Å²) >= 11 is 6.30. The monoisotopic (exact) mass is 297 g/mol. The summed E-state index contributed by atoms with van der Waals surface area (Å²) in [5.74, 6) is -0.151. The molecule has 0 atom stereocenters. The average molecular weight is 298 g/mol. The first kappa shape index (κ1) is 13.5. The van der Waals surface area contributed by atoms with Crippen LogP contribution in [-0.2, 0) is 0 Å². The van der Waals surface area contributed by atoms with Crippen molar-refractivity contribution in [1.82, 2.24) is 0 Å². The summed E-state index contributed by atoms with van der Waals surface area (Å²) in [6.07, 6.45) is 0. The molecule has 0 bridgehead atoms. The maximum atomic E-state index is 12.1. The maximum absolute atomic E-state index is 12.1. The Morgan fingerprint density at radius 2 is 1.81 bits per heavy atom. The van der Waals surface area contributed by atoms with Crippen molar-refractivity contribution in [2.24, 2.45) is 0 Å². The number of halogens is 1. The minimum Gasteiger partial charge on any atom is -0.421 e. The highest BCUT2D eigenvalue weighted by atomic mass is 35.5. The fourth-order valence-corrected chi connectivity index (χ4v) is 2.39. The lowest BCUT2D eigenvalue weighted by atomic mass is 10.1. The van der Waals surface area contributed by atoms with Crippen molar-refractivity contribution in [3.63, 3.8) is 0 Å². The van der Waals surface area contributed by atoms with Gasteiger partial charge in [-0.15, -0.1) is 0 Å². The van der Waals surface area contributed by atoms with Gasteiger partial charge in [0.25, 0.3) is 0 Å². The van der Waals surface area contributed by atoms with E-state index in [0.29, 0.717) is 22.0 Å². The number of hydrogen-bond donors (Lipinski definition) is 1. The van der Waals surface area contributed by atoms with Crippen LogP contribution >= 0.6 is 11.6 Å². The Labute approximate surface area is 126 Å². The molecule has 0 unspecified atom stereocenters. The van der Waals surface area contributed by atoms with Crippen molar-refractivity contribution in [2.45, 2.75) is 0 Å². The highest BCUT2D eigenvalue weighted by Gasteiger charge is 2.13. The van der Waals surface area contributed by atoms with E-state index >= 15 is 0 Å². The molecule has 104 valence electrons. The Kier molecular flexibility index (Phi) is 3.50. The molecule has 0 aliphatic rings. The van der Waals surface area contributed by atoms with Crippen molar-refractivity contribution < 1.29 is 9.53 Å². The molecular weight excluding hydrogens is 286 g/mol. The van der Waals surface area contributed by atoms with Crippen molar-refractivity contribution in [1.29, 1.82) is 0 Å². The van der Waals surface area contributed by atoms with Crippen LogP contribution < -0.4 is 10.5 Å². The number of carbonyl (C=O) groups is 1. The summed E-state index contributed by atoms with van der Waals surface area (Å²) in [6, 6.07) is 17.8. The number of nitrogens with two attached hydrogens (primary N) is 1. The lowest BCUT2D eigenvalue weighted by Gasteiger charge is -2.09. The fourth-order valence-electron chi connectivity index (χ4n) is 2.12. The molecule has 0 amide bonds. The van der Waals surface area contributed by atoms with E-state index < -0.39 is 5.97 Å². The van der Waals surface area contributed by atoms with Crippen LogP contribution in [0.3, 0.4) is 0 Å². The zero-order chi connectivity index (χ0) is 14.8. The number of fused-ring (bicyclic) bond motifs is 1. The van der Waals surface area contributed by atoms with Gasteiger partial charge >= 0.3 is 5.97 Å². The summed E-state index contributed by atoms with van der Waals surface area (Å²) in [5.41, 5.74) is 6.56. The van der Waals surface area contributed by atoms with Gasteiger partial charge in [0, 0.05) is 11.1 Å². The first-order valence-electron chi connectivity index (χ1n) is 6.40. The van der Waals surface area contributed by atoms with Crippen LogP contribution in [0, 0.1) is 0 Å². The van der Waals surface area contributed by atoms with E-state index in [9.17, 15) is 4.79 Å². The van der Waals surface area contributed by atoms with Crippen LogP contribution in [0.25, 0.3) is 10.8 Å². The Morgan fingerprint density at radius 3 is 2.62 bits per heavy atom. The zero-order valence-electron chi connectivity index (χ0n) is 11.0. The number of nitrogen functional groups attached to an aromatic ring is 1. The first-order valence-corrected chi connectivity index (χ1v) is 6.78. The standard InChI is InChI=1S/C17H12ClNO2/c18-16-14-7-2-1-4-11(14)8-9-15(16)21-17(20)12-5-3-6-13(19)10-12/h1-10H,19H2. The van der Waals surface area contributed by atoms with Gasteiger partial charge in [0.2, 0.25) is 0 Å². The smallest absolute Gasteiger partial charge is 0.343 e. The molecule has 4 heteroatoms. The molecule has 3 rings (SSSR count). The minimum atomic E-state index is -0.487. The maximum Gasteiger partial charge on any atom is 0.343 e. The third kappa shape index (κ3) is 2.69. The highest BCUT2D eigenvalue weighted by molar-refractivity contribution is 6.37. The predicted molar refractivity (Wildman–Crippen MR) is 84.8 cm³/mol. The molecule has 0 saturated heterocycles. The highest BCUT2D eigenvalue weighted by Crippen LogP contribution is 2.33. The number of carbonyl (C=O) groups excluding carboxylic acids is 1. The van der Waals surface area contributed by atoms with Gasteiger partial charge in [-0.05, 0) is 29.7 Å². The minimum absolute atomic E-state index is 0.336. The molecule has 0 radical (unpaired) electrons. The number of benzene rings is 3. The van der Waals surface area contributed by atoms with Gasteiger partial charge in [0.1, 0.15) is 5.75 Å². The van der Waals surface area contributed by atoms with Gasteiger partial charge in [0.15, 0.2) is 0 Å². The van der Waals surface area contributed by atoms with Crippen LogP contribution in [0.5, 0.6) is 5.75 Å². The SMILES string of the molecule is Nc1cccc(C(=O)Oc2ccc3ccccc3c2Cl)c1. The quantitative estimate of drug-likeness (QED) is 0.436. The molecule has 0 fully saturated rings. The van der Waals surface area contributed by atoms with Gasteiger partial charge < -0.3 is 10.5 Å². The van der Waals surface area contributed by atoms with E-state index in [4.69, 9.17) is 22.1 Å². The van der Waals surface area contributed by atoms with Gasteiger partial charge in [-0.25, -0.2) is 4.79 Å². The van der Waals surface area contributed by atoms with E-state index in [1.165, 1.54) is 0 Å². The molecule has 0 heterocycles.